The van der Waals surface area contributed by atoms with Crippen molar-refractivity contribution >= 4 is 17.9 Å². The highest BCUT2D eigenvalue weighted by atomic mass is 16.4. The van der Waals surface area contributed by atoms with Gasteiger partial charge in [0.2, 0.25) is 5.91 Å². The molecule has 0 spiro atoms. The van der Waals surface area contributed by atoms with E-state index in [1.165, 1.54) is 19.3 Å². The van der Waals surface area contributed by atoms with Gasteiger partial charge in [0.25, 0.3) is 0 Å². The zero-order chi connectivity index (χ0) is 18.9. The van der Waals surface area contributed by atoms with Crippen molar-refractivity contribution in [2.45, 2.75) is 70.4 Å². The maximum Gasteiger partial charge on any atom is 0.321 e. The molecule has 4 rings (SSSR count). The lowest BCUT2D eigenvalue weighted by molar-refractivity contribution is -0.139. The lowest BCUT2D eigenvalue weighted by Gasteiger charge is -2.56. The Kier molecular flexibility index (Phi) is 5.55. The topological polar surface area (TPSA) is 98.7 Å². The van der Waals surface area contributed by atoms with Crippen LogP contribution >= 0.6 is 0 Å². The largest absolute Gasteiger partial charge is 0.480 e. The molecule has 3 N–H and O–H groups in total. The summed E-state index contributed by atoms with van der Waals surface area (Å²) in [7, 11) is 0. The molecule has 1 atom stereocenters. The molecule has 0 aromatic carbocycles. The van der Waals surface area contributed by atoms with Crippen LogP contribution in [0, 0.1) is 17.8 Å². The Bertz CT molecular complexity index is 542. The number of carbonyl (C=O) groups excluding carboxylic acids is 2. The third-order valence-electron chi connectivity index (χ3n) is 6.43. The van der Waals surface area contributed by atoms with Crippen LogP contribution in [0.25, 0.3) is 0 Å². The minimum absolute atomic E-state index is 0.146. The number of hydrogen-bond donors (Lipinski definition) is 3. The van der Waals surface area contributed by atoms with Gasteiger partial charge in [-0.15, -0.1) is 0 Å². The van der Waals surface area contributed by atoms with E-state index in [1.54, 1.807) is 11.8 Å². The lowest BCUT2D eigenvalue weighted by atomic mass is 9.53. The molecular weight excluding hydrogens is 334 g/mol. The number of imide groups is 1. The molecule has 26 heavy (non-hydrogen) atoms. The Morgan fingerprint density at radius 2 is 1.65 bits per heavy atom. The maximum absolute atomic E-state index is 12.5. The molecule has 0 aliphatic heterocycles. The molecule has 146 valence electrons. The number of rotatable bonds is 7. The van der Waals surface area contributed by atoms with Crippen LogP contribution < -0.4 is 10.6 Å². The third kappa shape index (κ3) is 4.19. The zero-order valence-corrected chi connectivity index (χ0v) is 15.8. The third-order valence-corrected chi connectivity index (χ3v) is 6.43. The van der Waals surface area contributed by atoms with Gasteiger partial charge in [0.1, 0.15) is 0 Å². The second-order valence-corrected chi connectivity index (χ2v) is 8.68. The zero-order valence-electron chi connectivity index (χ0n) is 15.8. The molecule has 0 saturated heterocycles. The first kappa shape index (κ1) is 19.1. The average molecular weight is 365 g/mol. The van der Waals surface area contributed by atoms with Crippen molar-refractivity contribution in [1.29, 1.82) is 0 Å². The molecule has 0 heterocycles. The van der Waals surface area contributed by atoms with Gasteiger partial charge in [0.15, 0.2) is 0 Å². The molecule has 1 unspecified atom stereocenters. The molecule has 4 saturated carbocycles. The highest BCUT2D eigenvalue weighted by molar-refractivity contribution is 5.97. The summed E-state index contributed by atoms with van der Waals surface area (Å²) in [6, 6.07) is -1.09. The van der Waals surface area contributed by atoms with E-state index >= 15 is 0 Å². The quantitative estimate of drug-likeness (QED) is 0.641. The van der Waals surface area contributed by atoms with E-state index in [-0.39, 0.29) is 12.1 Å². The first-order valence-corrected chi connectivity index (χ1v) is 9.89. The number of aliphatic carboxylic acids is 1. The fraction of sp³-hybridized carbons (Fsp3) is 0.842. The Balaban J connectivity index is 1.55. The van der Waals surface area contributed by atoms with Gasteiger partial charge in [-0.05, 0) is 76.2 Å². The van der Waals surface area contributed by atoms with Crippen molar-refractivity contribution < 1.29 is 19.5 Å². The van der Waals surface area contributed by atoms with Crippen LogP contribution in [0.15, 0.2) is 0 Å². The summed E-state index contributed by atoms with van der Waals surface area (Å²) >= 11 is 0. The van der Waals surface area contributed by atoms with E-state index in [4.69, 9.17) is 5.11 Å². The number of urea groups is 1. The number of carbonyl (C=O) groups is 3. The molecule has 7 nitrogen and oxygen atoms in total. The Morgan fingerprint density at radius 3 is 2.12 bits per heavy atom. The Morgan fingerprint density at radius 1 is 1.12 bits per heavy atom. The Labute approximate surface area is 154 Å². The summed E-state index contributed by atoms with van der Waals surface area (Å²) in [5, 5.41) is 14.6. The van der Waals surface area contributed by atoms with Crippen LogP contribution in [0.1, 0.15) is 58.8 Å². The van der Waals surface area contributed by atoms with Gasteiger partial charge in [-0.1, -0.05) is 6.92 Å². The Hall–Kier alpha value is -1.63. The van der Waals surface area contributed by atoms with Gasteiger partial charge in [0.05, 0.1) is 12.6 Å². The molecule has 4 fully saturated rings. The monoisotopic (exact) mass is 365 g/mol. The molecule has 0 radical (unpaired) electrons. The number of nitrogens with zero attached hydrogens (tertiary/aromatic N) is 1. The minimum Gasteiger partial charge on any atom is -0.480 e. The molecule has 0 aromatic rings. The first-order chi connectivity index (χ1) is 12.3. The van der Waals surface area contributed by atoms with E-state index in [0.29, 0.717) is 24.3 Å². The number of hydrogen-bond acceptors (Lipinski definition) is 4. The van der Waals surface area contributed by atoms with Crippen LogP contribution in [0.4, 0.5) is 4.79 Å². The van der Waals surface area contributed by atoms with E-state index in [2.05, 4.69) is 10.6 Å². The second kappa shape index (κ2) is 7.55. The predicted octanol–water partition coefficient (Wildman–Crippen LogP) is 1.97. The number of carboxylic acid groups (broad SMARTS) is 1. The van der Waals surface area contributed by atoms with E-state index in [9.17, 15) is 14.4 Å². The van der Waals surface area contributed by atoms with Crippen molar-refractivity contribution in [3.8, 4) is 0 Å². The summed E-state index contributed by atoms with van der Waals surface area (Å²) in [6.07, 6.45) is 7.69. The van der Waals surface area contributed by atoms with E-state index < -0.39 is 23.9 Å². The van der Waals surface area contributed by atoms with Crippen LogP contribution in [0.5, 0.6) is 0 Å². The minimum atomic E-state index is -0.976. The fourth-order valence-corrected chi connectivity index (χ4v) is 5.79. The van der Waals surface area contributed by atoms with Gasteiger partial charge in [-0.25, -0.2) is 4.79 Å². The van der Waals surface area contributed by atoms with Gasteiger partial charge in [-0.3, -0.25) is 19.8 Å². The van der Waals surface area contributed by atoms with Crippen molar-refractivity contribution in [1.82, 2.24) is 15.5 Å². The molecule has 4 bridgehead atoms. The second-order valence-electron chi connectivity index (χ2n) is 8.68. The van der Waals surface area contributed by atoms with Gasteiger partial charge < -0.3 is 10.4 Å². The smallest absolute Gasteiger partial charge is 0.321 e. The van der Waals surface area contributed by atoms with E-state index in [1.807, 2.05) is 6.92 Å². The maximum atomic E-state index is 12.5. The highest BCUT2D eigenvalue weighted by Gasteiger charge is 2.51. The van der Waals surface area contributed by atoms with Crippen molar-refractivity contribution in [3.63, 3.8) is 0 Å². The van der Waals surface area contributed by atoms with Gasteiger partial charge in [0, 0.05) is 5.54 Å². The normalized spacial score (nSPS) is 33.1. The molecule has 0 aromatic heterocycles. The molecule has 4 aliphatic carbocycles. The highest BCUT2D eigenvalue weighted by Crippen LogP contribution is 2.55. The van der Waals surface area contributed by atoms with Crippen LogP contribution in [0.2, 0.25) is 0 Å². The van der Waals surface area contributed by atoms with Crippen LogP contribution in [0.3, 0.4) is 0 Å². The summed E-state index contributed by atoms with van der Waals surface area (Å²) in [5.41, 5.74) is -0.146. The summed E-state index contributed by atoms with van der Waals surface area (Å²) in [4.78, 5) is 37.5. The average Bonchev–Trinajstić information content (AvgIpc) is 2.51. The van der Waals surface area contributed by atoms with Gasteiger partial charge in [-0.2, -0.15) is 0 Å². The SMILES string of the molecule is CCCN(CC(=O)O)C(C)C(=O)NC(=O)NC12CC3CC(CC(C3)C1)C2. The number of nitrogens with one attached hydrogen (secondary N) is 2. The molecule has 4 aliphatic rings. The summed E-state index contributed by atoms with van der Waals surface area (Å²) in [5.74, 6) is 0.725. The summed E-state index contributed by atoms with van der Waals surface area (Å²) < 4.78 is 0. The number of amides is 3. The first-order valence-electron chi connectivity index (χ1n) is 9.89. The van der Waals surface area contributed by atoms with Crippen molar-refractivity contribution in [3.05, 3.63) is 0 Å². The van der Waals surface area contributed by atoms with Crippen LogP contribution in [-0.4, -0.2) is 52.6 Å². The van der Waals surface area contributed by atoms with E-state index in [0.717, 1.165) is 25.7 Å². The number of carboxylic acids is 1. The molecule has 3 amide bonds. The molecule has 7 heteroatoms. The fourth-order valence-electron chi connectivity index (χ4n) is 5.79. The van der Waals surface area contributed by atoms with Crippen molar-refractivity contribution in [2.75, 3.05) is 13.1 Å². The molecular formula is C19H31N3O4. The van der Waals surface area contributed by atoms with Crippen molar-refractivity contribution in [2.24, 2.45) is 17.8 Å². The standard InChI is InChI=1S/C19H31N3O4/c1-3-4-22(11-16(23)24)12(2)17(25)20-18(26)21-19-8-13-5-14(9-19)7-15(6-13)10-19/h12-15H,3-11H2,1-2H3,(H,23,24)(H2,20,21,25,26). The lowest BCUT2D eigenvalue weighted by Crippen LogP contribution is -2.62. The van der Waals surface area contributed by atoms with Gasteiger partial charge >= 0.3 is 12.0 Å². The summed E-state index contributed by atoms with van der Waals surface area (Å²) in [6.45, 7) is 3.86. The van der Waals surface area contributed by atoms with Crippen LogP contribution in [-0.2, 0) is 9.59 Å². The predicted molar refractivity (Wildman–Crippen MR) is 96.5 cm³/mol.